The summed E-state index contributed by atoms with van der Waals surface area (Å²) in [5.74, 6) is 4.24. The van der Waals surface area contributed by atoms with Crippen molar-refractivity contribution in [1.29, 1.82) is 0 Å². The van der Waals surface area contributed by atoms with Gasteiger partial charge in [-0.25, -0.2) is 10.3 Å². The minimum absolute atomic E-state index is 0.137. The van der Waals surface area contributed by atoms with Gasteiger partial charge in [-0.05, 0) is 17.2 Å². The van der Waals surface area contributed by atoms with Gasteiger partial charge in [-0.3, -0.25) is 9.63 Å². The van der Waals surface area contributed by atoms with Gasteiger partial charge in [0.25, 0.3) is 0 Å². The molecule has 1 heterocycles. The standard InChI is InChI=1S/C9H9FN2O2/c10-7-2-5(4-14-11)1-6-3-8(13)12-9(6)7/h1-2H,3-4,11H2,(H,12,13). The maximum atomic E-state index is 13.3. The van der Waals surface area contributed by atoms with Crippen molar-refractivity contribution in [1.82, 2.24) is 0 Å². The number of nitrogens with two attached hydrogens (primary N) is 1. The molecule has 74 valence electrons. The van der Waals surface area contributed by atoms with E-state index in [9.17, 15) is 9.18 Å². The van der Waals surface area contributed by atoms with Crippen LogP contribution in [0.15, 0.2) is 12.1 Å². The summed E-state index contributed by atoms with van der Waals surface area (Å²) in [6, 6.07) is 3.01. The fraction of sp³-hybridized carbons (Fsp3) is 0.222. The van der Waals surface area contributed by atoms with E-state index in [-0.39, 0.29) is 24.6 Å². The maximum Gasteiger partial charge on any atom is 0.228 e. The van der Waals surface area contributed by atoms with Crippen molar-refractivity contribution in [2.45, 2.75) is 13.0 Å². The van der Waals surface area contributed by atoms with Crippen molar-refractivity contribution in [2.24, 2.45) is 5.90 Å². The number of carbonyl (C=O) groups excluding carboxylic acids is 1. The summed E-state index contributed by atoms with van der Waals surface area (Å²) < 4.78 is 13.3. The Hall–Kier alpha value is -1.46. The predicted octanol–water partition coefficient (Wildman–Crippen LogP) is 0.711. The molecule has 3 N–H and O–H groups in total. The van der Waals surface area contributed by atoms with Gasteiger partial charge in [0.2, 0.25) is 5.91 Å². The summed E-state index contributed by atoms with van der Waals surface area (Å²) in [5, 5.41) is 2.45. The van der Waals surface area contributed by atoms with Gasteiger partial charge in [-0.15, -0.1) is 0 Å². The lowest BCUT2D eigenvalue weighted by molar-refractivity contribution is -0.115. The van der Waals surface area contributed by atoms with Crippen LogP contribution in [0, 0.1) is 5.82 Å². The van der Waals surface area contributed by atoms with E-state index >= 15 is 0 Å². The molecule has 0 radical (unpaired) electrons. The topological polar surface area (TPSA) is 64.3 Å². The molecule has 1 aliphatic heterocycles. The first-order valence-corrected chi connectivity index (χ1v) is 4.13. The number of halogens is 1. The molecule has 14 heavy (non-hydrogen) atoms. The van der Waals surface area contributed by atoms with E-state index in [1.165, 1.54) is 6.07 Å². The molecule has 0 bridgehead atoms. The van der Waals surface area contributed by atoms with E-state index < -0.39 is 5.82 Å². The number of hydrogen-bond acceptors (Lipinski definition) is 3. The van der Waals surface area contributed by atoms with Crippen LogP contribution >= 0.6 is 0 Å². The zero-order chi connectivity index (χ0) is 10.1. The van der Waals surface area contributed by atoms with Gasteiger partial charge in [-0.2, -0.15) is 0 Å². The Bertz CT molecular complexity index is 393. The lowest BCUT2D eigenvalue weighted by Crippen LogP contribution is -2.04. The van der Waals surface area contributed by atoms with Crippen LogP contribution in [0.3, 0.4) is 0 Å². The summed E-state index contributed by atoms with van der Waals surface area (Å²) >= 11 is 0. The van der Waals surface area contributed by atoms with Crippen LogP contribution in [-0.2, 0) is 22.7 Å². The Morgan fingerprint density at radius 1 is 1.57 bits per heavy atom. The Morgan fingerprint density at radius 2 is 2.36 bits per heavy atom. The Kier molecular flexibility index (Phi) is 2.18. The second kappa shape index (κ2) is 3.36. The van der Waals surface area contributed by atoms with E-state index in [1.54, 1.807) is 6.07 Å². The first-order chi connectivity index (χ1) is 6.70. The van der Waals surface area contributed by atoms with E-state index in [1.807, 2.05) is 0 Å². The molecule has 0 fully saturated rings. The number of fused-ring (bicyclic) bond motifs is 1. The Labute approximate surface area is 79.8 Å². The van der Waals surface area contributed by atoms with Crippen LogP contribution in [0.5, 0.6) is 0 Å². The molecular formula is C9H9FN2O2. The lowest BCUT2D eigenvalue weighted by Gasteiger charge is -2.04. The molecule has 1 aliphatic rings. The molecule has 4 nitrogen and oxygen atoms in total. The van der Waals surface area contributed by atoms with E-state index in [4.69, 9.17) is 5.90 Å². The first-order valence-electron chi connectivity index (χ1n) is 4.13. The van der Waals surface area contributed by atoms with Crippen molar-refractivity contribution < 1.29 is 14.0 Å². The molecule has 0 spiro atoms. The molecular weight excluding hydrogens is 187 g/mol. The van der Waals surface area contributed by atoms with Crippen LogP contribution in [0.25, 0.3) is 0 Å². The monoisotopic (exact) mass is 196 g/mol. The van der Waals surface area contributed by atoms with Crippen molar-refractivity contribution >= 4 is 11.6 Å². The fourth-order valence-corrected chi connectivity index (χ4v) is 1.54. The summed E-state index contributed by atoms with van der Waals surface area (Å²) in [6.07, 6.45) is 0.213. The molecule has 5 heteroatoms. The van der Waals surface area contributed by atoms with E-state index in [0.29, 0.717) is 11.1 Å². The zero-order valence-electron chi connectivity index (χ0n) is 7.34. The van der Waals surface area contributed by atoms with Crippen molar-refractivity contribution in [2.75, 3.05) is 5.32 Å². The van der Waals surface area contributed by atoms with Crippen LogP contribution in [-0.4, -0.2) is 5.91 Å². The second-order valence-electron chi connectivity index (χ2n) is 3.15. The molecule has 1 aromatic rings. The van der Waals surface area contributed by atoms with Crippen LogP contribution < -0.4 is 11.2 Å². The number of hydrogen-bond donors (Lipinski definition) is 2. The number of rotatable bonds is 2. The Morgan fingerprint density at radius 3 is 3.07 bits per heavy atom. The molecule has 0 aromatic heterocycles. The third kappa shape index (κ3) is 1.47. The van der Waals surface area contributed by atoms with Crippen molar-refractivity contribution in [3.8, 4) is 0 Å². The largest absolute Gasteiger partial charge is 0.323 e. The molecule has 0 unspecified atom stereocenters. The van der Waals surface area contributed by atoms with Gasteiger partial charge in [0.1, 0.15) is 5.82 Å². The summed E-state index contributed by atoms with van der Waals surface area (Å²) in [6.45, 7) is 0.137. The number of nitrogens with one attached hydrogen (secondary N) is 1. The number of carbonyl (C=O) groups is 1. The average Bonchev–Trinajstić information content (AvgIpc) is 2.47. The molecule has 0 aliphatic carbocycles. The van der Waals surface area contributed by atoms with Gasteiger partial charge in [0, 0.05) is 0 Å². The van der Waals surface area contributed by atoms with E-state index in [0.717, 1.165) is 0 Å². The minimum atomic E-state index is -0.444. The van der Waals surface area contributed by atoms with E-state index in [2.05, 4.69) is 10.2 Å². The van der Waals surface area contributed by atoms with Crippen molar-refractivity contribution in [3.63, 3.8) is 0 Å². The van der Waals surface area contributed by atoms with Gasteiger partial charge in [-0.1, -0.05) is 6.07 Å². The highest BCUT2D eigenvalue weighted by molar-refractivity contribution is 5.99. The lowest BCUT2D eigenvalue weighted by atomic mass is 10.1. The highest BCUT2D eigenvalue weighted by atomic mass is 19.1. The fourth-order valence-electron chi connectivity index (χ4n) is 1.54. The Balaban J connectivity index is 2.40. The summed E-state index contributed by atoms with van der Waals surface area (Å²) in [7, 11) is 0. The van der Waals surface area contributed by atoms with Gasteiger partial charge >= 0.3 is 0 Å². The molecule has 1 aromatic carbocycles. The SMILES string of the molecule is NOCc1cc(F)c2c(c1)CC(=O)N2. The maximum absolute atomic E-state index is 13.3. The third-order valence-corrected chi connectivity index (χ3v) is 2.10. The molecule has 0 atom stereocenters. The highest BCUT2D eigenvalue weighted by Crippen LogP contribution is 2.27. The normalized spacial score (nSPS) is 14.0. The third-order valence-electron chi connectivity index (χ3n) is 2.10. The quantitative estimate of drug-likeness (QED) is 0.684. The van der Waals surface area contributed by atoms with Crippen LogP contribution in [0.2, 0.25) is 0 Å². The molecule has 0 saturated heterocycles. The number of anilines is 1. The molecule has 0 saturated carbocycles. The summed E-state index contributed by atoms with van der Waals surface area (Å²) in [5.41, 5.74) is 1.55. The van der Waals surface area contributed by atoms with Gasteiger partial charge < -0.3 is 5.32 Å². The second-order valence-corrected chi connectivity index (χ2v) is 3.15. The highest BCUT2D eigenvalue weighted by Gasteiger charge is 2.21. The van der Waals surface area contributed by atoms with Crippen LogP contribution in [0.1, 0.15) is 11.1 Å². The number of benzene rings is 1. The van der Waals surface area contributed by atoms with Gasteiger partial charge in [0.15, 0.2) is 0 Å². The smallest absolute Gasteiger partial charge is 0.228 e. The summed E-state index contributed by atoms with van der Waals surface area (Å²) in [4.78, 5) is 15.4. The predicted molar refractivity (Wildman–Crippen MR) is 47.7 cm³/mol. The minimum Gasteiger partial charge on any atom is -0.323 e. The molecule has 2 rings (SSSR count). The van der Waals surface area contributed by atoms with Crippen LogP contribution in [0.4, 0.5) is 10.1 Å². The molecule has 1 amide bonds. The first kappa shape index (κ1) is 9.11. The zero-order valence-corrected chi connectivity index (χ0v) is 7.34. The average molecular weight is 196 g/mol. The number of amides is 1. The van der Waals surface area contributed by atoms with Gasteiger partial charge in [0.05, 0.1) is 18.7 Å². The van der Waals surface area contributed by atoms with Crippen molar-refractivity contribution in [3.05, 3.63) is 29.1 Å².